The average molecular weight is 235 g/mol. The Labute approximate surface area is 98.6 Å². The Morgan fingerprint density at radius 3 is 2.53 bits per heavy atom. The molecule has 0 aromatic heterocycles. The van der Waals surface area contributed by atoms with E-state index >= 15 is 0 Å². The van der Waals surface area contributed by atoms with E-state index in [9.17, 15) is 5.11 Å². The minimum absolute atomic E-state index is 0. The molecule has 2 aliphatic rings. The molecule has 2 aliphatic heterocycles. The molecule has 15 heavy (non-hydrogen) atoms. The van der Waals surface area contributed by atoms with Crippen LogP contribution in [-0.4, -0.2) is 47.8 Å². The van der Waals surface area contributed by atoms with Crippen molar-refractivity contribution in [1.82, 2.24) is 10.2 Å². The first kappa shape index (κ1) is 13.2. The number of likely N-dealkylation sites (tertiary alicyclic amines) is 1. The minimum atomic E-state index is -0.182. The summed E-state index contributed by atoms with van der Waals surface area (Å²) in [6.45, 7) is 7.62. The fourth-order valence-electron chi connectivity index (χ4n) is 2.64. The maximum absolute atomic E-state index is 9.77. The van der Waals surface area contributed by atoms with Gasteiger partial charge in [-0.1, -0.05) is 6.92 Å². The van der Waals surface area contributed by atoms with Gasteiger partial charge in [-0.05, 0) is 32.2 Å². The number of hydrogen-bond acceptors (Lipinski definition) is 3. The molecule has 90 valence electrons. The molecule has 2 fully saturated rings. The second-order valence-corrected chi connectivity index (χ2v) is 4.99. The third kappa shape index (κ3) is 2.84. The van der Waals surface area contributed by atoms with Crippen LogP contribution >= 0.6 is 12.4 Å². The highest BCUT2D eigenvalue weighted by Crippen LogP contribution is 2.27. The van der Waals surface area contributed by atoms with E-state index in [0.29, 0.717) is 12.1 Å². The van der Waals surface area contributed by atoms with Crippen LogP contribution in [0.25, 0.3) is 0 Å². The molecule has 3 unspecified atom stereocenters. The van der Waals surface area contributed by atoms with Crippen LogP contribution in [0.15, 0.2) is 0 Å². The Bertz CT molecular complexity index is 197. The quantitative estimate of drug-likeness (QED) is 0.744. The van der Waals surface area contributed by atoms with Gasteiger partial charge in [0.2, 0.25) is 0 Å². The maximum atomic E-state index is 9.77. The van der Waals surface area contributed by atoms with Gasteiger partial charge in [-0.25, -0.2) is 0 Å². The monoisotopic (exact) mass is 234 g/mol. The summed E-state index contributed by atoms with van der Waals surface area (Å²) in [4.78, 5) is 2.52. The zero-order valence-corrected chi connectivity index (χ0v) is 10.5. The molecule has 0 radical (unpaired) electrons. The van der Waals surface area contributed by atoms with Crippen LogP contribution in [0.3, 0.4) is 0 Å². The molecule has 2 heterocycles. The number of halogens is 1. The number of piperidine rings is 1. The van der Waals surface area contributed by atoms with Crippen LogP contribution in [0.5, 0.6) is 0 Å². The van der Waals surface area contributed by atoms with E-state index in [1.807, 2.05) is 6.92 Å². The van der Waals surface area contributed by atoms with Crippen LogP contribution in [0.2, 0.25) is 0 Å². The van der Waals surface area contributed by atoms with Crippen molar-refractivity contribution in [3.05, 3.63) is 0 Å². The van der Waals surface area contributed by atoms with Crippen molar-refractivity contribution < 1.29 is 5.11 Å². The lowest BCUT2D eigenvalue weighted by molar-refractivity contribution is -0.0176. The van der Waals surface area contributed by atoms with E-state index in [1.54, 1.807) is 0 Å². The molecule has 0 amide bonds. The van der Waals surface area contributed by atoms with Gasteiger partial charge in [0.15, 0.2) is 0 Å². The van der Waals surface area contributed by atoms with Crippen LogP contribution in [-0.2, 0) is 0 Å². The summed E-state index contributed by atoms with van der Waals surface area (Å²) in [7, 11) is 0. The highest BCUT2D eigenvalue weighted by Gasteiger charge is 2.36. The van der Waals surface area contributed by atoms with Gasteiger partial charge in [0.25, 0.3) is 0 Å². The van der Waals surface area contributed by atoms with Crippen molar-refractivity contribution in [3.8, 4) is 0 Å². The lowest BCUT2D eigenvalue weighted by Crippen LogP contribution is -2.63. The molecule has 2 N–H and O–H groups in total. The first-order valence-corrected chi connectivity index (χ1v) is 5.83. The topological polar surface area (TPSA) is 35.5 Å². The first-order chi connectivity index (χ1) is 6.68. The minimum Gasteiger partial charge on any atom is -0.392 e. The zero-order valence-electron chi connectivity index (χ0n) is 9.65. The molecule has 0 aromatic carbocycles. The zero-order chi connectivity index (χ0) is 10.1. The largest absolute Gasteiger partial charge is 0.392 e. The van der Waals surface area contributed by atoms with Gasteiger partial charge in [-0.15, -0.1) is 12.4 Å². The summed E-state index contributed by atoms with van der Waals surface area (Å²) in [5.41, 5.74) is 0. The number of aliphatic hydroxyl groups excluding tert-OH is 1. The molecule has 0 saturated carbocycles. The van der Waals surface area contributed by atoms with E-state index in [0.717, 1.165) is 25.4 Å². The van der Waals surface area contributed by atoms with Gasteiger partial charge in [-0.2, -0.15) is 0 Å². The molecule has 0 spiro atoms. The second kappa shape index (κ2) is 5.48. The normalized spacial score (nSPS) is 35.4. The maximum Gasteiger partial charge on any atom is 0.0667 e. The van der Waals surface area contributed by atoms with Gasteiger partial charge in [0.1, 0.15) is 0 Å². The highest BCUT2D eigenvalue weighted by molar-refractivity contribution is 5.85. The van der Waals surface area contributed by atoms with Crippen LogP contribution in [0, 0.1) is 5.92 Å². The molecule has 0 aromatic rings. The van der Waals surface area contributed by atoms with Crippen molar-refractivity contribution in [2.75, 3.05) is 19.6 Å². The third-order valence-corrected chi connectivity index (χ3v) is 3.74. The van der Waals surface area contributed by atoms with E-state index in [-0.39, 0.29) is 18.5 Å². The Kier molecular flexibility index (Phi) is 4.84. The summed E-state index contributed by atoms with van der Waals surface area (Å²) >= 11 is 0. The lowest BCUT2D eigenvalue weighted by atomic mass is 9.88. The van der Waals surface area contributed by atoms with Gasteiger partial charge in [0, 0.05) is 25.2 Å². The molecule has 2 rings (SSSR count). The smallest absolute Gasteiger partial charge is 0.0667 e. The molecular weight excluding hydrogens is 212 g/mol. The summed E-state index contributed by atoms with van der Waals surface area (Å²) in [5, 5.41) is 13.1. The van der Waals surface area contributed by atoms with Crippen molar-refractivity contribution >= 4 is 12.4 Å². The van der Waals surface area contributed by atoms with Gasteiger partial charge in [0.05, 0.1) is 6.10 Å². The van der Waals surface area contributed by atoms with Gasteiger partial charge < -0.3 is 10.4 Å². The Balaban J connectivity index is 0.00000112. The van der Waals surface area contributed by atoms with E-state index < -0.39 is 0 Å². The number of nitrogens with one attached hydrogen (secondary N) is 1. The average Bonchev–Trinajstić information content (AvgIpc) is 2.04. The Hall–Kier alpha value is 0.170. The summed E-state index contributed by atoms with van der Waals surface area (Å²) in [6, 6.07) is 1.08. The number of aliphatic hydroxyl groups is 1. The fraction of sp³-hybridized carbons (Fsp3) is 1.00. The highest BCUT2D eigenvalue weighted by atomic mass is 35.5. The third-order valence-electron chi connectivity index (χ3n) is 3.74. The van der Waals surface area contributed by atoms with Gasteiger partial charge >= 0.3 is 0 Å². The predicted molar refractivity (Wildman–Crippen MR) is 64.5 cm³/mol. The van der Waals surface area contributed by atoms with E-state index in [1.165, 1.54) is 13.0 Å². The molecule has 0 bridgehead atoms. The SMILES string of the molecule is CC1CCN(C2CNC2)C(C(C)O)C1.Cl. The van der Waals surface area contributed by atoms with Crippen LogP contribution in [0.1, 0.15) is 26.7 Å². The number of hydrogen-bond donors (Lipinski definition) is 2. The van der Waals surface area contributed by atoms with E-state index in [2.05, 4.69) is 17.1 Å². The standard InChI is InChI=1S/C11H22N2O.ClH/c1-8-3-4-13(10-6-12-7-10)11(5-8)9(2)14;/h8-12,14H,3-7H2,1-2H3;1H. The number of rotatable bonds is 2. The van der Waals surface area contributed by atoms with Crippen molar-refractivity contribution in [2.24, 2.45) is 5.92 Å². The van der Waals surface area contributed by atoms with E-state index in [4.69, 9.17) is 0 Å². The molecule has 3 nitrogen and oxygen atoms in total. The number of nitrogens with zero attached hydrogens (tertiary/aromatic N) is 1. The van der Waals surface area contributed by atoms with Crippen molar-refractivity contribution in [2.45, 2.75) is 44.9 Å². The van der Waals surface area contributed by atoms with Crippen molar-refractivity contribution in [3.63, 3.8) is 0 Å². The van der Waals surface area contributed by atoms with Crippen LogP contribution in [0.4, 0.5) is 0 Å². The summed E-state index contributed by atoms with van der Waals surface area (Å²) in [5.74, 6) is 0.777. The van der Waals surface area contributed by atoms with Gasteiger partial charge in [-0.3, -0.25) is 4.90 Å². The Morgan fingerprint density at radius 1 is 1.40 bits per heavy atom. The Morgan fingerprint density at radius 2 is 2.07 bits per heavy atom. The molecule has 3 atom stereocenters. The first-order valence-electron chi connectivity index (χ1n) is 5.83. The lowest BCUT2D eigenvalue weighted by Gasteiger charge is -2.47. The molecule has 2 saturated heterocycles. The molecule has 0 aliphatic carbocycles. The summed E-state index contributed by atoms with van der Waals surface area (Å²) in [6.07, 6.45) is 2.27. The molecular formula is C11H23ClN2O. The summed E-state index contributed by atoms with van der Waals surface area (Å²) < 4.78 is 0. The predicted octanol–water partition coefficient (Wildman–Crippen LogP) is 0.861. The second-order valence-electron chi connectivity index (χ2n) is 4.99. The molecule has 4 heteroatoms. The fourth-order valence-corrected chi connectivity index (χ4v) is 2.64. The van der Waals surface area contributed by atoms with Crippen molar-refractivity contribution in [1.29, 1.82) is 0 Å². The van der Waals surface area contributed by atoms with Crippen LogP contribution < -0.4 is 5.32 Å².